The predicted octanol–water partition coefficient (Wildman–Crippen LogP) is 2.90. The molecule has 1 heterocycles. The molecule has 0 fully saturated rings. The molecule has 1 aromatic rings. The molecule has 1 aliphatic rings. The van der Waals surface area contributed by atoms with Gasteiger partial charge in [0.2, 0.25) is 0 Å². The molecule has 1 aromatic carbocycles. The monoisotopic (exact) mass is 324 g/mol. The second-order valence-electron chi connectivity index (χ2n) is 4.74. The van der Waals surface area contributed by atoms with Crippen molar-refractivity contribution in [2.24, 2.45) is 4.99 Å². The number of hydrogen-bond acceptors (Lipinski definition) is 5. The number of carbonyl (C=O) groups excluding carboxylic acids is 1. The predicted molar refractivity (Wildman–Crippen MR) is 84.2 cm³/mol. The minimum atomic E-state index is -0.691. The molecule has 1 N–H and O–H groups in total. The number of esters is 1. The number of likely N-dealkylation sites (N-methyl/N-ethyl adjacent to an activating group) is 1. The van der Waals surface area contributed by atoms with E-state index in [1.807, 2.05) is 6.26 Å². The zero-order valence-electron chi connectivity index (χ0n) is 12.6. The van der Waals surface area contributed by atoms with Crippen molar-refractivity contribution in [3.63, 3.8) is 0 Å². The van der Waals surface area contributed by atoms with Gasteiger partial charge in [-0.25, -0.2) is 14.2 Å². The number of rotatable bonds is 3. The summed E-state index contributed by atoms with van der Waals surface area (Å²) in [6.45, 7) is 0.482. The van der Waals surface area contributed by atoms with Crippen LogP contribution in [0.15, 0.2) is 39.4 Å². The van der Waals surface area contributed by atoms with Gasteiger partial charge in [0.1, 0.15) is 28.7 Å². The van der Waals surface area contributed by atoms with Crippen LogP contribution in [0.4, 0.5) is 10.1 Å². The Hall–Kier alpha value is -2.02. The third kappa shape index (κ3) is 3.24. The maximum Gasteiger partial charge on any atom is 0.345 e. The topological polar surface area (TPSA) is 62.1 Å². The van der Waals surface area contributed by atoms with Crippen LogP contribution in [0.5, 0.6) is 0 Å². The van der Waals surface area contributed by atoms with Crippen LogP contribution in [0.1, 0.15) is 6.42 Å². The van der Waals surface area contributed by atoms with Gasteiger partial charge in [0.15, 0.2) is 0 Å². The van der Waals surface area contributed by atoms with Crippen LogP contribution in [0.3, 0.4) is 0 Å². The van der Waals surface area contributed by atoms with E-state index in [2.05, 4.69) is 9.73 Å². The Morgan fingerprint density at radius 2 is 2.23 bits per heavy atom. The molecular weight excluding hydrogens is 307 g/mol. The SMILES string of the molecule is COC(=O)C1=C(O)CCN(C)C1=Nc1ccc(SC)cc1F. The Kier molecular flexibility index (Phi) is 5.07. The van der Waals surface area contributed by atoms with Crippen LogP contribution < -0.4 is 0 Å². The summed E-state index contributed by atoms with van der Waals surface area (Å²) in [5.41, 5.74) is 0.0837. The minimum absolute atomic E-state index is 0.0235. The number of aliphatic hydroxyl groups is 1. The highest BCUT2D eigenvalue weighted by Crippen LogP contribution is 2.27. The minimum Gasteiger partial charge on any atom is -0.511 e. The Morgan fingerprint density at radius 3 is 2.82 bits per heavy atom. The summed E-state index contributed by atoms with van der Waals surface area (Å²) in [5, 5.41) is 9.96. The van der Waals surface area contributed by atoms with Crippen molar-refractivity contribution in [3.8, 4) is 0 Å². The number of benzene rings is 1. The molecule has 22 heavy (non-hydrogen) atoms. The molecule has 0 bridgehead atoms. The lowest BCUT2D eigenvalue weighted by Crippen LogP contribution is -2.37. The van der Waals surface area contributed by atoms with Crippen molar-refractivity contribution in [2.45, 2.75) is 11.3 Å². The first-order chi connectivity index (χ1) is 10.5. The van der Waals surface area contributed by atoms with Crippen LogP contribution >= 0.6 is 11.8 Å². The van der Waals surface area contributed by atoms with E-state index < -0.39 is 11.8 Å². The number of carbonyl (C=O) groups is 1. The van der Waals surface area contributed by atoms with E-state index in [-0.39, 0.29) is 22.9 Å². The standard InChI is InChI=1S/C15H17FN2O3S/c1-18-7-6-12(19)13(15(20)21-2)14(18)17-11-5-4-9(22-3)8-10(11)16/h4-5,8,19H,6-7H2,1-3H3. The van der Waals surface area contributed by atoms with Crippen molar-refractivity contribution in [2.75, 3.05) is 27.0 Å². The Labute approximate surface area is 132 Å². The van der Waals surface area contributed by atoms with Gasteiger partial charge in [0.05, 0.1) is 7.11 Å². The average Bonchev–Trinajstić information content (AvgIpc) is 2.52. The largest absolute Gasteiger partial charge is 0.511 e. The fraction of sp³-hybridized carbons (Fsp3) is 0.333. The summed E-state index contributed by atoms with van der Waals surface area (Å²) in [6.07, 6.45) is 2.17. The second kappa shape index (κ2) is 6.83. The normalized spacial score (nSPS) is 17.1. The number of halogens is 1. The fourth-order valence-electron chi connectivity index (χ4n) is 2.10. The summed E-state index contributed by atoms with van der Waals surface area (Å²) in [4.78, 5) is 18.5. The van der Waals surface area contributed by atoms with Gasteiger partial charge in [-0.05, 0) is 24.5 Å². The molecule has 0 saturated carbocycles. The van der Waals surface area contributed by atoms with E-state index in [1.165, 1.54) is 24.9 Å². The molecule has 7 heteroatoms. The Morgan fingerprint density at radius 1 is 1.50 bits per heavy atom. The number of aliphatic hydroxyl groups excluding tert-OH is 1. The van der Waals surface area contributed by atoms with E-state index in [4.69, 9.17) is 0 Å². The number of thioether (sulfide) groups is 1. The van der Waals surface area contributed by atoms with Crippen LogP contribution in [0.25, 0.3) is 0 Å². The molecule has 0 radical (unpaired) electrons. The van der Waals surface area contributed by atoms with Gasteiger partial charge in [-0.3, -0.25) is 0 Å². The Bertz CT molecular complexity index is 658. The highest BCUT2D eigenvalue weighted by molar-refractivity contribution is 7.98. The molecule has 0 saturated heterocycles. The average molecular weight is 324 g/mol. The molecule has 0 spiro atoms. The highest BCUT2D eigenvalue weighted by Gasteiger charge is 2.29. The number of hydrogen-bond donors (Lipinski definition) is 1. The lowest BCUT2D eigenvalue weighted by molar-refractivity contribution is -0.135. The molecule has 0 atom stereocenters. The van der Waals surface area contributed by atoms with Crippen molar-refractivity contribution in [1.29, 1.82) is 0 Å². The van der Waals surface area contributed by atoms with Gasteiger partial charge in [-0.15, -0.1) is 11.8 Å². The van der Waals surface area contributed by atoms with Gasteiger partial charge in [-0.2, -0.15) is 0 Å². The van der Waals surface area contributed by atoms with E-state index >= 15 is 0 Å². The first kappa shape index (κ1) is 16.4. The summed E-state index contributed by atoms with van der Waals surface area (Å²) < 4.78 is 18.8. The third-order valence-electron chi connectivity index (χ3n) is 3.33. The van der Waals surface area contributed by atoms with Crippen molar-refractivity contribution in [1.82, 2.24) is 4.90 Å². The Balaban J connectivity index is 2.51. The van der Waals surface area contributed by atoms with E-state index in [9.17, 15) is 14.3 Å². The van der Waals surface area contributed by atoms with E-state index in [0.29, 0.717) is 13.0 Å². The summed E-state index contributed by atoms with van der Waals surface area (Å²) in [5.74, 6) is -1.07. The maximum absolute atomic E-state index is 14.1. The zero-order valence-corrected chi connectivity index (χ0v) is 13.4. The third-order valence-corrected chi connectivity index (χ3v) is 4.05. The zero-order chi connectivity index (χ0) is 16.3. The molecule has 2 rings (SSSR count). The first-order valence-electron chi connectivity index (χ1n) is 6.62. The molecule has 0 aromatic heterocycles. The van der Waals surface area contributed by atoms with Crippen LogP contribution in [-0.4, -0.2) is 48.8 Å². The van der Waals surface area contributed by atoms with Crippen LogP contribution in [0.2, 0.25) is 0 Å². The van der Waals surface area contributed by atoms with E-state index in [1.54, 1.807) is 24.1 Å². The molecule has 0 amide bonds. The highest BCUT2D eigenvalue weighted by atomic mass is 32.2. The van der Waals surface area contributed by atoms with Gasteiger partial charge >= 0.3 is 5.97 Å². The number of nitrogens with zero attached hydrogens (tertiary/aromatic N) is 2. The van der Waals surface area contributed by atoms with Gasteiger partial charge < -0.3 is 14.7 Å². The van der Waals surface area contributed by atoms with Crippen molar-refractivity contribution >= 4 is 29.3 Å². The lowest BCUT2D eigenvalue weighted by Gasteiger charge is -2.27. The fourth-order valence-corrected chi connectivity index (χ4v) is 2.52. The number of amidine groups is 1. The summed E-state index contributed by atoms with van der Waals surface area (Å²) >= 11 is 1.43. The molecule has 5 nitrogen and oxygen atoms in total. The van der Waals surface area contributed by atoms with Crippen molar-refractivity contribution < 1.29 is 19.0 Å². The smallest absolute Gasteiger partial charge is 0.345 e. The van der Waals surface area contributed by atoms with Gasteiger partial charge in [0, 0.05) is 24.9 Å². The lowest BCUT2D eigenvalue weighted by atomic mass is 10.1. The molecule has 0 unspecified atom stereocenters. The number of methoxy groups -OCH3 is 1. The molecular formula is C15H17FN2O3S. The number of ether oxygens (including phenoxy) is 1. The van der Waals surface area contributed by atoms with Crippen molar-refractivity contribution in [3.05, 3.63) is 35.3 Å². The quantitative estimate of drug-likeness (QED) is 0.684. The van der Waals surface area contributed by atoms with E-state index in [0.717, 1.165) is 4.90 Å². The van der Waals surface area contributed by atoms with Crippen LogP contribution in [-0.2, 0) is 9.53 Å². The number of aliphatic imine (C=N–C) groups is 1. The van der Waals surface area contributed by atoms with Crippen LogP contribution in [0, 0.1) is 5.82 Å². The molecule has 118 valence electrons. The second-order valence-corrected chi connectivity index (χ2v) is 5.62. The first-order valence-corrected chi connectivity index (χ1v) is 7.84. The molecule has 0 aliphatic carbocycles. The summed E-state index contributed by atoms with van der Waals surface area (Å²) in [6, 6.07) is 4.67. The molecule has 1 aliphatic heterocycles. The van der Waals surface area contributed by atoms with Gasteiger partial charge in [0.25, 0.3) is 0 Å². The van der Waals surface area contributed by atoms with Gasteiger partial charge in [-0.1, -0.05) is 0 Å². The maximum atomic E-state index is 14.1. The summed E-state index contributed by atoms with van der Waals surface area (Å²) in [7, 11) is 2.95.